The zero-order valence-electron chi connectivity index (χ0n) is 14.2. The minimum Gasteiger partial charge on any atom is -0.508 e. The molecule has 1 radical (unpaired) electrons. The van der Waals surface area contributed by atoms with Gasteiger partial charge in [0.1, 0.15) is 28.9 Å². The number of carbonyl (C=O) groups is 1. The van der Waals surface area contributed by atoms with E-state index < -0.39 is 17.5 Å². The Hall–Kier alpha value is -3.41. The molecule has 2 N–H and O–H groups in total. The molecule has 27 heavy (non-hydrogen) atoms. The summed E-state index contributed by atoms with van der Waals surface area (Å²) in [7, 11) is 0. The van der Waals surface area contributed by atoms with E-state index >= 15 is 0 Å². The third kappa shape index (κ3) is 4.61. The second kappa shape index (κ2) is 7.86. The molecular formula is C21H16F2NO3. The highest BCUT2D eigenvalue weighted by Crippen LogP contribution is 2.28. The van der Waals surface area contributed by atoms with Crippen molar-refractivity contribution in [3.63, 3.8) is 0 Å². The number of amides is 1. The molecule has 0 saturated heterocycles. The van der Waals surface area contributed by atoms with Crippen LogP contribution in [0.15, 0.2) is 60.7 Å². The average Bonchev–Trinajstić information content (AvgIpc) is 2.65. The summed E-state index contributed by atoms with van der Waals surface area (Å²) in [5.41, 5.74) is 0.877. The molecule has 0 bridgehead atoms. The second-order valence-electron chi connectivity index (χ2n) is 5.84. The van der Waals surface area contributed by atoms with E-state index in [1.807, 2.05) is 0 Å². The Morgan fingerprint density at radius 3 is 2.37 bits per heavy atom. The third-order valence-electron chi connectivity index (χ3n) is 3.84. The van der Waals surface area contributed by atoms with Crippen molar-refractivity contribution in [2.24, 2.45) is 0 Å². The SMILES string of the molecule is [CH2]c1cc(F)c(CNC(=O)c2ccc(O)cc2)cc1Oc1ccc(F)cc1. The van der Waals surface area contributed by atoms with Gasteiger partial charge in [-0.3, -0.25) is 4.79 Å². The maximum atomic E-state index is 14.2. The Morgan fingerprint density at radius 1 is 1.04 bits per heavy atom. The van der Waals surface area contributed by atoms with Gasteiger partial charge in [0.25, 0.3) is 5.91 Å². The van der Waals surface area contributed by atoms with Crippen LogP contribution in [-0.2, 0) is 6.54 Å². The normalized spacial score (nSPS) is 10.5. The van der Waals surface area contributed by atoms with Gasteiger partial charge in [0, 0.05) is 17.7 Å². The number of ether oxygens (including phenoxy) is 1. The van der Waals surface area contributed by atoms with Gasteiger partial charge < -0.3 is 15.2 Å². The Labute approximate surface area is 155 Å². The zero-order valence-corrected chi connectivity index (χ0v) is 14.2. The largest absolute Gasteiger partial charge is 0.508 e. The van der Waals surface area contributed by atoms with Crippen molar-refractivity contribution in [2.45, 2.75) is 6.54 Å². The summed E-state index contributed by atoms with van der Waals surface area (Å²) in [6.45, 7) is 3.67. The number of carbonyl (C=O) groups excluding carboxylic acids is 1. The molecule has 0 spiro atoms. The van der Waals surface area contributed by atoms with Gasteiger partial charge in [-0.1, -0.05) is 0 Å². The molecule has 0 aliphatic rings. The highest BCUT2D eigenvalue weighted by atomic mass is 19.1. The molecule has 0 unspecified atom stereocenters. The molecule has 0 aliphatic heterocycles. The lowest BCUT2D eigenvalue weighted by atomic mass is 10.1. The number of rotatable bonds is 5. The first-order chi connectivity index (χ1) is 12.9. The number of benzene rings is 3. The monoisotopic (exact) mass is 368 g/mol. The topological polar surface area (TPSA) is 58.6 Å². The van der Waals surface area contributed by atoms with Crippen LogP contribution in [0.2, 0.25) is 0 Å². The van der Waals surface area contributed by atoms with Crippen LogP contribution >= 0.6 is 0 Å². The predicted octanol–water partition coefficient (Wildman–Crippen LogP) is 4.57. The fourth-order valence-corrected chi connectivity index (χ4v) is 2.39. The van der Waals surface area contributed by atoms with Crippen molar-refractivity contribution in [3.8, 4) is 17.2 Å². The molecular weight excluding hydrogens is 352 g/mol. The second-order valence-corrected chi connectivity index (χ2v) is 5.84. The van der Waals surface area contributed by atoms with Crippen LogP contribution < -0.4 is 10.1 Å². The lowest BCUT2D eigenvalue weighted by molar-refractivity contribution is 0.0950. The lowest BCUT2D eigenvalue weighted by Gasteiger charge is -2.12. The number of phenolic OH excluding ortho intramolecular Hbond substituents is 1. The molecule has 4 nitrogen and oxygen atoms in total. The van der Waals surface area contributed by atoms with Crippen molar-refractivity contribution in [3.05, 3.63) is 95.9 Å². The van der Waals surface area contributed by atoms with Gasteiger partial charge >= 0.3 is 0 Å². The number of halogens is 2. The summed E-state index contributed by atoms with van der Waals surface area (Å²) < 4.78 is 32.8. The van der Waals surface area contributed by atoms with Crippen LogP contribution in [-0.4, -0.2) is 11.0 Å². The van der Waals surface area contributed by atoms with Crippen LogP contribution in [0, 0.1) is 18.6 Å². The molecule has 1 amide bonds. The summed E-state index contributed by atoms with van der Waals surface area (Å²) in [6, 6.07) is 13.8. The van der Waals surface area contributed by atoms with Crippen molar-refractivity contribution >= 4 is 5.91 Å². The van der Waals surface area contributed by atoms with Crippen molar-refractivity contribution in [2.75, 3.05) is 0 Å². The van der Waals surface area contributed by atoms with E-state index in [0.29, 0.717) is 22.6 Å². The van der Waals surface area contributed by atoms with Crippen LogP contribution in [0.25, 0.3) is 0 Å². The molecule has 137 valence electrons. The van der Waals surface area contributed by atoms with Crippen molar-refractivity contribution in [1.82, 2.24) is 5.32 Å². The van der Waals surface area contributed by atoms with Crippen LogP contribution in [0.1, 0.15) is 21.5 Å². The van der Waals surface area contributed by atoms with E-state index in [0.717, 1.165) is 0 Å². The minimum absolute atomic E-state index is 0.0474. The smallest absolute Gasteiger partial charge is 0.251 e. The van der Waals surface area contributed by atoms with E-state index in [-0.39, 0.29) is 17.9 Å². The summed E-state index contributed by atoms with van der Waals surface area (Å²) in [6.07, 6.45) is 0. The van der Waals surface area contributed by atoms with Crippen LogP contribution in [0.5, 0.6) is 17.2 Å². The first-order valence-corrected chi connectivity index (χ1v) is 8.07. The van der Waals surface area contributed by atoms with Crippen LogP contribution in [0.4, 0.5) is 8.78 Å². The Bertz CT molecular complexity index is 954. The zero-order chi connectivity index (χ0) is 19.4. The van der Waals surface area contributed by atoms with Gasteiger partial charge in [0.05, 0.1) is 0 Å². The van der Waals surface area contributed by atoms with E-state index in [9.17, 15) is 18.7 Å². The maximum Gasteiger partial charge on any atom is 0.251 e. The average molecular weight is 368 g/mol. The number of phenols is 1. The third-order valence-corrected chi connectivity index (χ3v) is 3.84. The first kappa shape index (κ1) is 18.4. The number of hydrogen-bond acceptors (Lipinski definition) is 3. The van der Waals surface area contributed by atoms with E-state index in [1.165, 1.54) is 60.7 Å². The fraction of sp³-hybridized carbons (Fsp3) is 0.0476. The Balaban J connectivity index is 1.74. The van der Waals surface area contributed by atoms with Gasteiger partial charge in [0.15, 0.2) is 0 Å². The van der Waals surface area contributed by atoms with Gasteiger partial charge in [-0.25, -0.2) is 8.78 Å². The van der Waals surface area contributed by atoms with Gasteiger partial charge in [-0.05, 0) is 73.2 Å². The molecule has 0 fully saturated rings. The summed E-state index contributed by atoms with van der Waals surface area (Å²) >= 11 is 0. The molecule has 0 saturated carbocycles. The van der Waals surface area contributed by atoms with Gasteiger partial charge in [-0.15, -0.1) is 0 Å². The highest BCUT2D eigenvalue weighted by Gasteiger charge is 2.12. The van der Waals surface area contributed by atoms with Crippen molar-refractivity contribution in [1.29, 1.82) is 0 Å². The molecule has 0 aliphatic carbocycles. The van der Waals surface area contributed by atoms with Gasteiger partial charge in [0.2, 0.25) is 0 Å². The lowest BCUT2D eigenvalue weighted by Crippen LogP contribution is -2.23. The molecule has 0 aromatic heterocycles. The minimum atomic E-state index is -0.530. The quantitative estimate of drug-likeness (QED) is 0.693. The number of hydrogen-bond donors (Lipinski definition) is 2. The fourth-order valence-electron chi connectivity index (χ4n) is 2.39. The molecule has 0 heterocycles. The van der Waals surface area contributed by atoms with Crippen LogP contribution in [0.3, 0.4) is 0 Å². The number of aromatic hydroxyl groups is 1. The summed E-state index contributed by atoms with van der Waals surface area (Å²) in [5.74, 6) is -0.601. The summed E-state index contributed by atoms with van der Waals surface area (Å²) in [5, 5.41) is 11.9. The predicted molar refractivity (Wildman–Crippen MR) is 96.6 cm³/mol. The Morgan fingerprint density at radius 2 is 1.70 bits per heavy atom. The standard InChI is InChI=1S/C21H16F2NO3/c1-13-10-19(23)15(11-20(13)27-18-8-4-16(22)5-9-18)12-24-21(26)14-2-6-17(25)7-3-14/h2-11,25H,1,12H2,(H,24,26). The maximum absolute atomic E-state index is 14.2. The van der Waals surface area contributed by atoms with E-state index in [2.05, 4.69) is 12.2 Å². The first-order valence-electron chi connectivity index (χ1n) is 8.07. The molecule has 3 rings (SSSR count). The molecule has 6 heteroatoms. The Kier molecular flexibility index (Phi) is 5.35. The van der Waals surface area contributed by atoms with E-state index in [4.69, 9.17) is 4.74 Å². The van der Waals surface area contributed by atoms with Gasteiger partial charge in [-0.2, -0.15) is 0 Å². The highest BCUT2D eigenvalue weighted by molar-refractivity contribution is 5.94. The summed E-state index contributed by atoms with van der Waals surface area (Å²) in [4.78, 5) is 12.1. The molecule has 3 aromatic carbocycles. The van der Waals surface area contributed by atoms with E-state index in [1.54, 1.807) is 0 Å². The number of nitrogens with one attached hydrogen (secondary N) is 1. The van der Waals surface area contributed by atoms with Crippen molar-refractivity contribution < 1.29 is 23.4 Å². The molecule has 3 aromatic rings. The molecule has 0 atom stereocenters.